The Morgan fingerprint density at radius 2 is 1.95 bits per heavy atom. The number of anilines is 1. The Balaban J connectivity index is 1.59. The molecule has 3 aromatic rings. The number of urea groups is 1. The van der Waals surface area contributed by atoms with E-state index in [0.29, 0.717) is 43.3 Å². The Morgan fingerprint density at radius 1 is 1.19 bits per heavy atom. The van der Waals surface area contributed by atoms with E-state index in [4.69, 9.17) is 16.3 Å². The molecule has 0 aliphatic carbocycles. The van der Waals surface area contributed by atoms with Crippen molar-refractivity contribution in [1.82, 2.24) is 25.3 Å². The van der Waals surface area contributed by atoms with Gasteiger partial charge in [-0.25, -0.2) is 13.9 Å². The average Bonchev–Trinajstić information content (AvgIpc) is 3.45. The van der Waals surface area contributed by atoms with Gasteiger partial charge in [0.2, 0.25) is 0 Å². The smallest absolute Gasteiger partial charge is 0.320 e. The number of ether oxygens (including phenoxy) is 1. The third kappa shape index (κ3) is 5.93. The monoisotopic (exact) mass is 528 g/mol. The molecule has 1 aromatic heterocycles. The molecule has 3 N–H and O–H groups in total. The zero-order chi connectivity index (χ0) is 26.5. The maximum absolute atomic E-state index is 13.8. The van der Waals surface area contributed by atoms with Gasteiger partial charge in [0.05, 0.1) is 23.4 Å². The Kier molecular flexibility index (Phi) is 8.42. The Bertz CT molecular complexity index is 1270. The van der Waals surface area contributed by atoms with Crippen LogP contribution in [-0.4, -0.2) is 73.1 Å². The summed E-state index contributed by atoms with van der Waals surface area (Å²) in [4.78, 5) is 27.9. The van der Waals surface area contributed by atoms with E-state index in [2.05, 4.69) is 25.9 Å². The topological polar surface area (TPSA) is 101 Å². The Labute approximate surface area is 219 Å². The molecule has 0 spiro atoms. The lowest BCUT2D eigenvalue weighted by Gasteiger charge is -2.21. The summed E-state index contributed by atoms with van der Waals surface area (Å²) >= 11 is 6.06. The van der Waals surface area contributed by atoms with Crippen LogP contribution in [0.3, 0.4) is 0 Å². The van der Waals surface area contributed by atoms with E-state index in [1.54, 1.807) is 26.2 Å². The highest BCUT2D eigenvalue weighted by Gasteiger charge is 2.35. The van der Waals surface area contributed by atoms with Crippen LogP contribution in [0.2, 0.25) is 5.02 Å². The SMILES string of the molecule is CNC(=O)c1nn(-c2ccccc2)c(NC(=O)NC2CN(CCOC)CC2c2ccc(F)c(Cl)c2)c1C. The number of carbonyl (C=O) groups is 2. The van der Waals surface area contributed by atoms with Crippen molar-refractivity contribution in [3.8, 4) is 5.69 Å². The van der Waals surface area contributed by atoms with Crippen molar-refractivity contribution in [2.24, 2.45) is 0 Å². The molecule has 9 nitrogen and oxygen atoms in total. The summed E-state index contributed by atoms with van der Waals surface area (Å²) < 4.78 is 20.6. The summed E-state index contributed by atoms with van der Waals surface area (Å²) in [5.74, 6) is -0.563. The summed E-state index contributed by atoms with van der Waals surface area (Å²) in [7, 11) is 3.17. The fourth-order valence-electron chi connectivity index (χ4n) is 4.56. The first-order valence-corrected chi connectivity index (χ1v) is 12.3. The predicted molar refractivity (Wildman–Crippen MR) is 140 cm³/mol. The molecular formula is C26H30ClFN6O3. The molecule has 2 heterocycles. The fourth-order valence-corrected chi connectivity index (χ4v) is 4.75. The largest absolute Gasteiger partial charge is 0.383 e. The third-order valence-electron chi connectivity index (χ3n) is 6.49. The molecule has 11 heteroatoms. The van der Waals surface area contributed by atoms with Crippen molar-refractivity contribution in [3.05, 3.63) is 76.2 Å². The van der Waals surface area contributed by atoms with Crippen molar-refractivity contribution < 1.29 is 18.7 Å². The molecular weight excluding hydrogens is 499 g/mol. The molecule has 1 aliphatic rings. The van der Waals surface area contributed by atoms with Crippen molar-refractivity contribution in [2.75, 3.05) is 45.7 Å². The summed E-state index contributed by atoms with van der Waals surface area (Å²) in [6, 6.07) is 13.2. The lowest BCUT2D eigenvalue weighted by Crippen LogP contribution is -2.42. The van der Waals surface area contributed by atoms with Crippen LogP contribution in [0.1, 0.15) is 27.5 Å². The Morgan fingerprint density at radius 3 is 2.62 bits per heavy atom. The van der Waals surface area contributed by atoms with Gasteiger partial charge in [-0.05, 0) is 36.8 Å². The number of benzene rings is 2. The maximum atomic E-state index is 13.8. The number of rotatable bonds is 8. The first-order chi connectivity index (χ1) is 17.8. The van der Waals surface area contributed by atoms with Gasteiger partial charge in [-0.15, -0.1) is 0 Å². The van der Waals surface area contributed by atoms with E-state index in [-0.39, 0.29) is 28.6 Å². The van der Waals surface area contributed by atoms with Crippen LogP contribution in [0, 0.1) is 12.7 Å². The minimum absolute atomic E-state index is 0.0418. The highest BCUT2D eigenvalue weighted by molar-refractivity contribution is 6.30. The van der Waals surface area contributed by atoms with E-state index in [1.807, 2.05) is 30.3 Å². The molecule has 1 aliphatic heterocycles. The van der Waals surface area contributed by atoms with Crippen LogP contribution in [0.4, 0.5) is 15.0 Å². The zero-order valence-corrected chi connectivity index (χ0v) is 21.7. The van der Waals surface area contributed by atoms with Crippen molar-refractivity contribution in [1.29, 1.82) is 0 Å². The lowest BCUT2D eigenvalue weighted by molar-refractivity contribution is 0.0957. The molecule has 2 atom stereocenters. The number of carbonyl (C=O) groups excluding carboxylic acids is 2. The number of nitrogens with zero attached hydrogens (tertiary/aromatic N) is 3. The van der Waals surface area contributed by atoms with Gasteiger partial charge in [0.25, 0.3) is 5.91 Å². The normalized spacial score (nSPS) is 17.5. The summed E-state index contributed by atoms with van der Waals surface area (Å²) in [5.41, 5.74) is 2.28. The maximum Gasteiger partial charge on any atom is 0.320 e. The number of aromatic nitrogens is 2. The second kappa shape index (κ2) is 11.7. The molecule has 0 radical (unpaired) electrons. The van der Waals surface area contributed by atoms with Crippen LogP contribution in [0.5, 0.6) is 0 Å². The van der Waals surface area contributed by atoms with Gasteiger partial charge in [0.1, 0.15) is 11.6 Å². The van der Waals surface area contributed by atoms with Crippen LogP contribution in [0.15, 0.2) is 48.5 Å². The van der Waals surface area contributed by atoms with Crippen LogP contribution < -0.4 is 16.0 Å². The third-order valence-corrected chi connectivity index (χ3v) is 6.78. The number of likely N-dealkylation sites (tertiary alicyclic amines) is 1. The summed E-state index contributed by atoms with van der Waals surface area (Å²) in [6.45, 7) is 4.21. The second-order valence-corrected chi connectivity index (χ2v) is 9.29. The van der Waals surface area contributed by atoms with Gasteiger partial charge in [-0.3, -0.25) is 15.0 Å². The molecule has 196 valence electrons. The van der Waals surface area contributed by atoms with E-state index in [0.717, 1.165) is 5.56 Å². The van der Waals surface area contributed by atoms with Gasteiger partial charge < -0.3 is 15.4 Å². The fraction of sp³-hybridized carbons (Fsp3) is 0.346. The average molecular weight is 529 g/mol. The number of para-hydroxylation sites is 1. The minimum Gasteiger partial charge on any atom is -0.383 e. The van der Waals surface area contributed by atoms with Crippen LogP contribution >= 0.6 is 11.6 Å². The molecule has 3 amide bonds. The van der Waals surface area contributed by atoms with Crippen molar-refractivity contribution in [3.63, 3.8) is 0 Å². The molecule has 1 saturated heterocycles. The molecule has 4 rings (SSSR count). The van der Waals surface area contributed by atoms with Crippen LogP contribution in [0.25, 0.3) is 5.69 Å². The molecule has 0 bridgehead atoms. The molecule has 2 unspecified atom stereocenters. The molecule has 0 saturated carbocycles. The molecule has 2 aromatic carbocycles. The Hall–Kier alpha value is -3.47. The molecule has 37 heavy (non-hydrogen) atoms. The highest BCUT2D eigenvalue weighted by Crippen LogP contribution is 2.31. The number of methoxy groups -OCH3 is 1. The number of hydrogen-bond acceptors (Lipinski definition) is 5. The number of hydrogen-bond donors (Lipinski definition) is 3. The first kappa shape index (κ1) is 26.6. The van der Waals surface area contributed by atoms with Crippen LogP contribution in [-0.2, 0) is 4.74 Å². The van der Waals surface area contributed by atoms with E-state index in [1.165, 1.54) is 17.8 Å². The van der Waals surface area contributed by atoms with Crippen molar-refractivity contribution >= 4 is 29.4 Å². The molecule has 1 fully saturated rings. The lowest BCUT2D eigenvalue weighted by atomic mass is 9.94. The van der Waals surface area contributed by atoms with E-state index < -0.39 is 11.8 Å². The second-order valence-electron chi connectivity index (χ2n) is 8.89. The van der Waals surface area contributed by atoms with Crippen molar-refractivity contribution in [2.45, 2.75) is 18.9 Å². The first-order valence-electron chi connectivity index (χ1n) is 11.9. The summed E-state index contributed by atoms with van der Waals surface area (Å²) in [5, 5.41) is 13.0. The quantitative estimate of drug-likeness (QED) is 0.415. The van der Waals surface area contributed by atoms with Gasteiger partial charge in [0.15, 0.2) is 5.69 Å². The number of halogens is 2. The van der Waals surface area contributed by atoms with Gasteiger partial charge in [0, 0.05) is 45.3 Å². The standard InChI is InChI=1S/C26H30ClFN6O3/c1-16-23(25(35)29-2)32-34(18-7-5-4-6-8-18)24(16)31-26(36)30-22-15-33(11-12-37-3)14-19(22)17-9-10-21(28)20(27)13-17/h4-10,13,19,22H,11-12,14-15H2,1-3H3,(H,29,35)(H2,30,31,36). The van der Waals surface area contributed by atoms with Gasteiger partial charge in [-0.1, -0.05) is 35.9 Å². The van der Waals surface area contributed by atoms with E-state index >= 15 is 0 Å². The number of nitrogens with one attached hydrogen (secondary N) is 3. The summed E-state index contributed by atoms with van der Waals surface area (Å²) in [6.07, 6.45) is 0. The predicted octanol–water partition coefficient (Wildman–Crippen LogP) is 3.57. The minimum atomic E-state index is -0.488. The van der Waals surface area contributed by atoms with E-state index in [9.17, 15) is 14.0 Å². The zero-order valence-electron chi connectivity index (χ0n) is 20.9. The van der Waals surface area contributed by atoms with Gasteiger partial charge in [-0.2, -0.15) is 5.10 Å². The van der Waals surface area contributed by atoms with Gasteiger partial charge >= 0.3 is 6.03 Å². The number of amides is 3. The highest BCUT2D eigenvalue weighted by atomic mass is 35.5.